The van der Waals surface area contributed by atoms with Gasteiger partial charge in [-0.2, -0.15) is 0 Å². The van der Waals surface area contributed by atoms with Gasteiger partial charge in [-0.1, -0.05) is 18.6 Å². The number of hydrogen-bond donors (Lipinski definition) is 0. The summed E-state index contributed by atoms with van der Waals surface area (Å²) in [5, 5.41) is 4.99. The van der Waals surface area contributed by atoms with Crippen LogP contribution in [-0.2, 0) is 4.74 Å². The zero-order chi connectivity index (χ0) is 9.94. The molecule has 0 aliphatic rings. The van der Waals surface area contributed by atoms with Crippen LogP contribution in [0.1, 0.15) is 19.8 Å². The number of unbranched alkanes of at least 4 members (excludes halogenated alkanes) is 1. The van der Waals surface area contributed by atoms with Crippen LogP contribution in [0.2, 0.25) is 0 Å². The molecule has 0 aromatic heterocycles. The van der Waals surface area contributed by atoms with Gasteiger partial charge in [0.15, 0.2) is 0 Å². The van der Waals surface area contributed by atoms with Crippen molar-refractivity contribution in [3.05, 3.63) is 23.6 Å². The van der Waals surface area contributed by atoms with Crippen LogP contribution in [0.5, 0.6) is 0 Å². The highest BCUT2D eigenvalue weighted by atomic mass is 32.2. The minimum atomic E-state index is 0.793. The number of methoxy groups -OCH3 is 1. The Morgan fingerprint density at radius 3 is 3.00 bits per heavy atom. The summed E-state index contributed by atoms with van der Waals surface area (Å²) < 4.78 is 4.90. The van der Waals surface area contributed by atoms with Gasteiger partial charge in [0.2, 0.25) is 0 Å². The Kier molecular flexibility index (Phi) is 8.97. The molecule has 13 heavy (non-hydrogen) atoms. The third-order valence-electron chi connectivity index (χ3n) is 1.35. The summed E-state index contributed by atoms with van der Waals surface area (Å²) in [6.45, 7) is 6.45. The summed E-state index contributed by atoms with van der Waals surface area (Å²) in [6.07, 6.45) is 3.73. The zero-order valence-corrected chi connectivity index (χ0v) is 9.12. The molecule has 0 unspecified atom stereocenters. The van der Waals surface area contributed by atoms with Gasteiger partial charge in [-0.25, -0.2) is 0 Å². The summed E-state index contributed by atoms with van der Waals surface area (Å²) in [4.78, 5) is 0. The summed E-state index contributed by atoms with van der Waals surface area (Å²) in [6, 6.07) is 0. The fourth-order valence-corrected chi connectivity index (χ4v) is 1.09. The molecule has 0 aromatic rings. The Morgan fingerprint density at radius 1 is 1.62 bits per heavy atom. The van der Waals surface area contributed by atoms with Crippen LogP contribution >= 0.6 is 11.8 Å². The van der Waals surface area contributed by atoms with E-state index in [0.717, 1.165) is 25.0 Å². The molecule has 0 radical (unpaired) electrons. The maximum atomic E-state index is 4.90. The van der Waals surface area contributed by atoms with E-state index in [2.05, 4.69) is 17.8 Å². The lowest BCUT2D eigenvalue weighted by molar-refractivity contribution is 0.196. The molecule has 0 bridgehead atoms. The van der Waals surface area contributed by atoms with Crippen molar-refractivity contribution in [2.24, 2.45) is 0 Å². The highest BCUT2D eigenvalue weighted by Gasteiger charge is 1.80. The summed E-state index contributed by atoms with van der Waals surface area (Å²) >= 11 is 1.51. The van der Waals surface area contributed by atoms with E-state index in [1.807, 2.05) is 18.4 Å². The molecular formula is C11H16OS. The average molecular weight is 196 g/mol. The van der Waals surface area contributed by atoms with Crippen molar-refractivity contribution in [2.75, 3.05) is 13.7 Å². The first-order valence-electron chi connectivity index (χ1n) is 4.23. The van der Waals surface area contributed by atoms with Crippen molar-refractivity contribution < 1.29 is 4.74 Å². The number of allylic oxidation sites excluding steroid dienone is 2. The normalized spacial score (nSPS) is 10.5. The minimum absolute atomic E-state index is 0.793. The summed E-state index contributed by atoms with van der Waals surface area (Å²) in [5.41, 5.74) is 1.15. The number of thioether (sulfide) groups is 1. The fourth-order valence-electron chi connectivity index (χ4n) is 0.568. The predicted molar refractivity (Wildman–Crippen MR) is 60.4 cm³/mol. The molecule has 0 saturated heterocycles. The minimum Gasteiger partial charge on any atom is -0.385 e. The first-order valence-corrected chi connectivity index (χ1v) is 5.11. The van der Waals surface area contributed by atoms with E-state index < -0.39 is 0 Å². The molecule has 0 aliphatic carbocycles. The van der Waals surface area contributed by atoms with Crippen molar-refractivity contribution in [3.63, 3.8) is 0 Å². The maximum Gasteiger partial charge on any atom is 0.0471 e. The SMILES string of the molecule is C=C/C(C)=C\SC#CCCCOC. The van der Waals surface area contributed by atoms with Crippen molar-refractivity contribution in [1.29, 1.82) is 0 Å². The van der Waals surface area contributed by atoms with Gasteiger partial charge in [-0.15, -0.1) is 0 Å². The van der Waals surface area contributed by atoms with E-state index in [1.54, 1.807) is 7.11 Å². The van der Waals surface area contributed by atoms with E-state index in [1.165, 1.54) is 11.8 Å². The molecular weight excluding hydrogens is 180 g/mol. The van der Waals surface area contributed by atoms with Crippen LogP contribution in [0.25, 0.3) is 0 Å². The average Bonchev–Trinajstić information content (AvgIpc) is 2.16. The lowest BCUT2D eigenvalue weighted by atomic mass is 10.3. The molecule has 0 aromatic carbocycles. The Hall–Kier alpha value is -0.650. The van der Waals surface area contributed by atoms with Crippen LogP contribution in [0, 0.1) is 11.2 Å². The van der Waals surface area contributed by atoms with Crippen LogP contribution in [-0.4, -0.2) is 13.7 Å². The smallest absolute Gasteiger partial charge is 0.0471 e. The van der Waals surface area contributed by atoms with Crippen LogP contribution in [0.15, 0.2) is 23.6 Å². The van der Waals surface area contributed by atoms with E-state index in [9.17, 15) is 0 Å². The molecule has 0 fully saturated rings. The molecule has 0 N–H and O–H groups in total. The van der Waals surface area contributed by atoms with Crippen molar-refractivity contribution in [2.45, 2.75) is 19.8 Å². The maximum absolute atomic E-state index is 4.90. The molecule has 1 nitrogen and oxygen atoms in total. The van der Waals surface area contributed by atoms with E-state index >= 15 is 0 Å². The van der Waals surface area contributed by atoms with Crippen molar-refractivity contribution in [1.82, 2.24) is 0 Å². The molecule has 0 saturated carbocycles. The largest absolute Gasteiger partial charge is 0.385 e. The van der Waals surface area contributed by atoms with Gasteiger partial charge in [0.25, 0.3) is 0 Å². The second kappa shape index (κ2) is 9.44. The Morgan fingerprint density at radius 2 is 2.38 bits per heavy atom. The molecule has 2 heteroatoms. The monoisotopic (exact) mass is 196 g/mol. The molecule has 0 rings (SSSR count). The summed E-state index contributed by atoms with van der Waals surface area (Å²) in [7, 11) is 1.71. The van der Waals surface area contributed by atoms with Gasteiger partial charge in [-0.05, 0) is 41.3 Å². The number of ether oxygens (including phenoxy) is 1. The van der Waals surface area contributed by atoms with E-state index in [0.29, 0.717) is 0 Å². The van der Waals surface area contributed by atoms with Gasteiger partial charge in [0.05, 0.1) is 0 Å². The molecule has 0 heterocycles. The van der Waals surface area contributed by atoms with Gasteiger partial charge >= 0.3 is 0 Å². The van der Waals surface area contributed by atoms with E-state index in [4.69, 9.17) is 4.74 Å². The highest BCUT2D eigenvalue weighted by molar-refractivity contribution is 8.06. The van der Waals surface area contributed by atoms with Gasteiger partial charge in [0, 0.05) is 20.1 Å². The molecule has 0 amide bonds. The quantitative estimate of drug-likeness (QED) is 0.379. The first kappa shape index (κ1) is 12.3. The second-order valence-electron chi connectivity index (χ2n) is 2.56. The molecule has 72 valence electrons. The third-order valence-corrected chi connectivity index (χ3v) is 2.10. The highest BCUT2D eigenvalue weighted by Crippen LogP contribution is 2.05. The Balaban J connectivity index is 3.45. The van der Waals surface area contributed by atoms with Gasteiger partial charge < -0.3 is 4.74 Å². The molecule has 0 aliphatic heterocycles. The van der Waals surface area contributed by atoms with Gasteiger partial charge in [0.1, 0.15) is 0 Å². The van der Waals surface area contributed by atoms with Crippen molar-refractivity contribution in [3.8, 4) is 11.2 Å². The van der Waals surface area contributed by atoms with Crippen LogP contribution < -0.4 is 0 Å². The topological polar surface area (TPSA) is 9.23 Å². The second-order valence-corrected chi connectivity index (χ2v) is 3.23. The first-order chi connectivity index (χ1) is 6.31. The fraction of sp³-hybridized carbons (Fsp3) is 0.455. The van der Waals surface area contributed by atoms with Gasteiger partial charge in [-0.3, -0.25) is 0 Å². The lowest BCUT2D eigenvalue weighted by Gasteiger charge is -1.90. The number of hydrogen-bond acceptors (Lipinski definition) is 2. The van der Waals surface area contributed by atoms with Crippen LogP contribution in [0.3, 0.4) is 0 Å². The van der Waals surface area contributed by atoms with Crippen molar-refractivity contribution >= 4 is 11.8 Å². The zero-order valence-electron chi connectivity index (χ0n) is 8.30. The standard InChI is InChI=1S/C11H16OS/c1-4-11(2)10-13-9-7-5-6-8-12-3/h4,10H,1,5-6,8H2,2-3H3/b11-10-. The Labute approximate surface area is 85.2 Å². The molecule has 0 spiro atoms. The lowest BCUT2D eigenvalue weighted by Crippen LogP contribution is -1.85. The Bertz CT molecular complexity index is 220. The number of rotatable bonds is 5. The predicted octanol–water partition coefficient (Wildman–Crippen LogP) is 3.20. The summed E-state index contributed by atoms with van der Waals surface area (Å²) in [5.74, 6) is 3.05. The van der Waals surface area contributed by atoms with Crippen LogP contribution in [0.4, 0.5) is 0 Å². The van der Waals surface area contributed by atoms with E-state index in [-0.39, 0.29) is 0 Å². The molecule has 0 atom stereocenters. The third kappa shape index (κ3) is 9.26.